The van der Waals surface area contributed by atoms with Crippen molar-refractivity contribution in [2.45, 2.75) is 48.5 Å². The number of benzene rings is 1. The SMILES string of the molecule is CC1=CC(C)=[N+]2C1=C(c1c(C)cc(C)cc1C)c1c(C)cc(C)n1[B-]2(F)F. The number of nitrogens with zero attached hydrogens (tertiary/aromatic N) is 2. The predicted octanol–water partition coefficient (Wildman–Crippen LogP) is 5.46. The number of fused-ring (bicyclic) bond motifs is 2. The lowest BCUT2D eigenvalue weighted by Gasteiger charge is -2.34. The van der Waals surface area contributed by atoms with Gasteiger partial charge in [-0.3, -0.25) is 0 Å². The van der Waals surface area contributed by atoms with Crippen LogP contribution in [0.5, 0.6) is 0 Å². The fourth-order valence-electron chi connectivity index (χ4n) is 5.11. The zero-order valence-corrected chi connectivity index (χ0v) is 17.0. The fraction of sp³-hybridized carbons (Fsp3) is 0.318. The minimum Gasteiger partial charge on any atom is -0.393 e. The number of hydrogen-bond acceptors (Lipinski definition) is 0. The van der Waals surface area contributed by atoms with Gasteiger partial charge in [0.2, 0.25) is 0 Å². The molecule has 5 heteroatoms. The molecule has 0 amide bonds. The molecule has 0 saturated carbocycles. The van der Waals surface area contributed by atoms with E-state index in [2.05, 4.69) is 32.9 Å². The average Bonchev–Trinajstić information content (AvgIpc) is 2.99. The highest BCUT2D eigenvalue weighted by molar-refractivity contribution is 6.58. The van der Waals surface area contributed by atoms with E-state index in [0.717, 1.165) is 33.4 Å². The third-order valence-corrected chi connectivity index (χ3v) is 5.86. The Morgan fingerprint density at radius 3 is 2.04 bits per heavy atom. The van der Waals surface area contributed by atoms with Crippen molar-refractivity contribution in [2.75, 3.05) is 0 Å². The predicted molar refractivity (Wildman–Crippen MR) is 109 cm³/mol. The first-order chi connectivity index (χ1) is 12.6. The lowest BCUT2D eigenvalue weighted by Crippen LogP contribution is -2.51. The molecule has 1 aromatic carbocycles. The van der Waals surface area contributed by atoms with Crippen LogP contribution in [0.3, 0.4) is 0 Å². The number of hydrogen-bond donors (Lipinski definition) is 0. The summed E-state index contributed by atoms with van der Waals surface area (Å²) in [5.74, 6) is 0. The summed E-state index contributed by atoms with van der Waals surface area (Å²) in [6.07, 6.45) is 1.88. The zero-order valence-electron chi connectivity index (χ0n) is 17.0. The highest BCUT2D eigenvalue weighted by Crippen LogP contribution is 2.45. The molecule has 1 aromatic heterocycles. The van der Waals surface area contributed by atoms with Crippen LogP contribution in [-0.4, -0.2) is 21.6 Å². The maximum absolute atomic E-state index is 15.7. The summed E-state index contributed by atoms with van der Waals surface area (Å²) in [6, 6.07) is 6.15. The third kappa shape index (κ3) is 2.27. The lowest BCUT2D eigenvalue weighted by molar-refractivity contribution is -0.363. The summed E-state index contributed by atoms with van der Waals surface area (Å²) < 4.78 is 33.9. The van der Waals surface area contributed by atoms with E-state index in [1.54, 1.807) is 13.8 Å². The molecule has 27 heavy (non-hydrogen) atoms. The molecule has 3 heterocycles. The van der Waals surface area contributed by atoms with Crippen molar-refractivity contribution in [1.82, 2.24) is 4.48 Å². The Hall–Kier alpha value is -2.43. The molecule has 4 rings (SSSR count). The summed E-state index contributed by atoms with van der Waals surface area (Å²) in [4.78, 5) is 0. The Balaban J connectivity index is 2.23. The molecule has 0 atom stereocenters. The fourth-order valence-corrected chi connectivity index (χ4v) is 5.11. The number of halogens is 2. The minimum absolute atomic E-state index is 0.601. The molecule has 0 aliphatic carbocycles. The molecule has 0 unspecified atom stereocenters. The molecule has 0 spiro atoms. The standard InChI is InChI=1S/C22H25BF2N2/c1-12-8-13(2)19(14(3)9-12)20-21-15(4)10-17(6)26(21)23(24,25)27-18(7)11-16(5)22(20)27/h8-11H,1-7H3. The molecule has 140 valence electrons. The zero-order chi connectivity index (χ0) is 19.8. The van der Waals surface area contributed by atoms with E-state index in [9.17, 15) is 0 Å². The molecule has 0 N–H and O–H groups in total. The van der Waals surface area contributed by atoms with Gasteiger partial charge in [-0.1, -0.05) is 17.7 Å². The first-order valence-electron chi connectivity index (χ1n) is 9.41. The lowest BCUT2D eigenvalue weighted by atomic mass is 9.81. The Morgan fingerprint density at radius 2 is 1.44 bits per heavy atom. The average molecular weight is 366 g/mol. The van der Waals surface area contributed by atoms with Crippen LogP contribution in [0.2, 0.25) is 0 Å². The third-order valence-electron chi connectivity index (χ3n) is 5.86. The van der Waals surface area contributed by atoms with Gasteiger partial charge in [-0.15, -0.1) is 0 Å². The van der Waals surface area contributed by atoms with E-state index < -0.39 is 6.97 Å². The van der Waals surface area contributed by atoms with E-state index in [-0.39, 0.29) is 0 Å². The molecule has 2 aromatic rings. The second-order valence-electron chi connectivity index (χ2n) is 8.11. The molecular weight excluding hydrogens is 341 g/mol. The van der Waals surface area contributed by atoms with Crippen LogP contribution >= 0.6 is 0 Å². The van der Waals surface area contributed by atoms with Crippen molar-refractivity contribution >= 4 is 18.3 Å². The highest BCUT2D eigenvalue weighted by Gasteiger charge is 2.55. The maximum atomic E-state index is 15.7. The van der Waals surface area contributed by atoms with Crippen LogP contribution < -0.4 is 0 Å². The minimum atomic E-state index is -3.92. The molecule has 0 saturated heterocycles. The van der Waals surface area contributed by atoms with Crippen LogP contribution in [0.15, 0.2) is 35.5 Å². The quantitative estimate of drug-likeness (QED) is 0.593. The van der Waals surface area contributed by atoms with Crippen LogP contribution in [0.1, 0.15) is 53.1 Å². The molecular formula is C22H25BF2N2. The van der Waals surface area contributed by atoms with Gasteiger partial charge in [0.15, 0.2) is 5.70 Å². The van der Waals surface area contributed by atoms with Gasteiger partial charge in [-0.2, -0.15) is 0 Å². The molecule has 2 aliphatic rings. The molecule has 2 aliphatic heterocycles. The van der Waals surface area contributed by atoms with E-state index in [4.69, 9.17) is 0 Å². The monoisotopic (exact) mass is 366 g/mol. The molecule has 0 bridgehead atoms. The maximum Gasteiger partial charge on any atom is 0.737 e. The van der Waals surface area contributed by atoms with Crippen molar-refractivity contribution in [3.05, 3.63) is 74.8 Å². The van der Waals surface area contributed by atoms with Gasteiger partial charge in [0.05, 0.1) is 5.57 Å². The summed E-state index contributed by atoms with van der Waals surface area (Å²) >= 11 is 0. The summed E-state index contributed by atoms with van der Waals surface area (Å²) in [5.41, 5.74) is 9.72. The van der Waals surface area contributed by atoms with Crippen LogP contribution in [0.25, 0.3) is 5.57 Å². The Labute approximate surface area is 159 Å². The first kappa shape index (κ1) is 18.0. The second-order valence-corrected chi connectivity index (χ2v) is 8.11. The number of allylic oxidation sites excluding steroid dienone is 2. The number of rotatable bonds is 1. The Bertz CT molecular complexity index is 1090. The van der Waals surface area contributed by atoms with E-state index in [1.165, 1.54) is 14.5 Å². The summed E-state index contributed by atoms with van der Waals surface area (Å²) in [5, 5.41) is 0. The first-order valence-corrected chi connectivity index (χ1v) is 9.41. The smallest absolute Gasteiger partial charge is 0.393 e. The topological polar surface area (TPSA) is 7.94 Å². The number of aryl methyl sites for hydroxylation is 5. The van der Waals surface area contributed by atoms with Gasteiger partial charge < -0.3 is 17.6 Å². The normalized spacial score (nSPS) is 18.0. The van der Waals surface area contributed by atoms with Crippen molar-refractivity contribution in [2.24, 2.45) is 0 Å². The summed E-state index contributed by atoms with van der Waals surface area (Å²) in [6.45, 7) is 9.72. The van der Waals surface area contributed by atoms with Gasteiger partial charge in [0, 0.05) is 24.3 Å². The summed E-state index contributed by atoms with van der Waals surface area (Å²) in [7, 11) is 0. The van der Waals surface area contributed by atoms with Gasteiger partial charge in [0.25, 0.3) is 0 Å². The van der Waals surface area contributed by atoms with E-state index in [1.807, 2.05) is 26.0 Å². The van der Waals surface area contributed by atoms with Crippen LogP contribution in [0.4, 0.5) is 8.63 Å². The Morgan fingerprint density at radius 1 is 0.852 bits per heavy atom. The van der Waals surface area contributed by atoms with Gasteiger partial charge >= 0.3 is 6.97 Å². The van der Waals surface area contributed by atoms with Gasteiger partial charge in [-0.05, 0) is 75.6 Å². The Kier molecular flexibility index (Phi) is 3.68. The van der Waals surface area contributed by atoms with E-state index in [0.29, 0.717) is 22.8 Å². The second kappa shape index (κ2) is 5.54. The van der Waals surface area contributed by atoms with Gasteiger partial charge in [0.1, 0.15) is 5.71 Å². The van der Waals surface area contributed by atoms with Crippen molar-refractivity contribution < 1.29 is 13.1 Å². The van der Waals surface area contributed by atoms with Crippen LogP contribution in [-0.2, 0) is 0 Å². The molecule has 0 fully saturated rings. The molecule has 2 nitrogen and oxygen atoms in total. The van der Waals surface area contributed by atoms with Crippen molar-refractivity contribution in [3.8, 4) is 0 Å². The van der Waals surface area contributed by atoms with Crippen molar-refractivity contribution in [3.63, 3.8) is 0 Å². The largest absolute Gasteiger partial charge is 0.737 e. The van der Waals surface area contributed by atoms with Crippen LogP contribution in [0, 0.1) is 34.6 Å². The highest BCUT2D eigenvalue weighted by atomic mass is 19.2. The van der Waals surface area contributed by atoms with E-state index >= 15 is 8.63 Å². The van der Waals surface area contributed by atoms with Gasteiger partial charge in [-0.25, -0.2) is 0 Å². The number of aromatic nitrogens is 1. The van der Waals surface area contributed by atoms with Crippen molar-refractivity contribution in [1.29, 1.82) is 0 Å². The molecule has 0 radical (unpaired) electrons.